The molecule has 0 aliphatic heterocycles. The van der Waals surface area contributed by atoms with Gasteiger partial charge in [0.2, 0.25) is 5.92 Å². The molecule has 1 aromatic carbocycles. The quantitative estimate of drug-likeness (QED) is 0.466. The number of benzene rings is 1. The summed E-state index contributed by atoms with van der Waals surface area (Å²) in [5.41, 5.74) is -0.188. The topological polar surface area (TPSA) is 78.9 Å². The number of halogens is 2. The van der Waals surface area contributed by atoms with Crippen LogP contribution in [0.25, 0.3) is 0 Å². The van der Waals surface area contributed by atoms with Gasteiger partial charge in [0.05, 0.1) is 36.9 Å². The highest BCUT2D eigenvalue weighted by molar-refractivity contribution is 6.38. The fraction of sp³-hybridized carbons (Fsp3) is 0.308. The standard InChI is InChI=1S/C13H12Cl2O6/c1-19-11-7(15)5-4-6(14)8(11)10(16)9(12(17)20-2)13(18)21-3/h4-5,9H,1-3H3. The van der Waals surface area contributed by atoms with Gasteiger partial charge in [0.1, 0.15) is 5.75 Å². The summed E-state index contributed by atoms with van der Waals surface area (Å²) in [6.07, 6.45) is 0. The molecule has 0 atom stereocenters. The Balaban J connectivity index is 3.43. The van der Waals surface area contributed by atoms with Gasteiger partial charge in [-0.25, -0.2) is 0 Å². The van der Waals surface area contributed by atoms with Crippen LogP contribution in [0.2, 0.25) is 10.0 Å². The van der Waals surface area contributed by atoms with Crippen LogP contribution in [0.5, 0.6) is 5.75 Å². The second-order valence-electron chi connectivity index (χ2n) is 3.78. The summed E-state index contributed by atoms with van der Waals surface area (Å²) in [4.78, 5) is 35.8. The minimum atomic E-state index is -1.80. The fourth-order valence-corrected chi connectivity index (χ4v) is 2.13. The van der Waals surface area contributed by atoms with E-state index in [1.54, 1.807) is 0 Å². The van der Waals surface area contributed by atoms with E-state index in [1.807, 2.05) is 0 Å². The maximum atomic E-state index is 12.5. The highest BCUT2D eigenvalue weighted by Gasteiger charge is 2.39. The van der Waals surface area contributed by atoms with Crippen molar-refractivity contribution in [2.24, 2.45) is 5.92 Å². The van der Waals surface area contributed by atoms with E-state index in [-0.39, 0.29) is 21.4 Å². The van der Waals surface area contributed by atoms with Crippen molar-refractivity contribution in [2.75, 3.05) is 21.3 Å². The van der Waals surface area contributed by atoms with Crippen molar-refractivity contribution >= 4 is 40.9 Å². The van der Waals surface area contributed by atoms with Gasteiger partial charge in [0.15, 0.2) is 5.78 Å². The van der Waals surface area contributed by atoms with Crippen molar-refractivity contribution < 1.29 is 28.6 Å². The molecular weight excluding hydrogens is 323 g/mol. The van der Waals surface area contributed by atoms with Crippen molar-refractivity contribution in [3.8, 4) is 5.75 Å². The molecule has 1 aromatic rings. The SMILES string of the molecule is COC(=O)C(C(=O)OC)C(=O)c1c(Cl)ccc(Cl)c1OC. The van der Waals surface area contributed by atoms with Crippen molar-refractivity contribution in [3.05, 3.63) is 27.7 Å². The van der Waals surface area contributed by atoms with Crippen LogP contribution in [0.1, 0.15) is 10.4 Å². The first-order valence-corrected chi connectivity index (χ1v) is 6.36. The third-order valence-electron chi connectivity index (χ3n) is 2.65. The molecule has 0 saturated heterocycles. The van der Waals surface area contributed by atoms with Crippen LogP contribution in [0.4, 0.5) is 0 Å². The summed E-state index contributed by atoms with van der Waals surface area (Å²) in [7, 11) is 3.37. The average Bonchev–Trinajstić information content (AvgIpc) is 2.48. The van der Waals surface area contributed by atoms with Crippen molar-refractivity contribution in [1.29, 1.82) is 0 Å². The number of hydrogen-bond acceptors (Lipinski definition) is 6. The van der Waals surface area contributed by atoms with Crippen LogP contribution in [0.15, 0.2) is 12.1 Å². The molecule has 0 heterocycles. The van der Waals surface area contributed by atoms with Crippen LogP contribution >= 0.6 is 23.2 Å². The van der Waals surface area contributed by atoms with E-state index in [1.165, 1.54) is 19.2 Å². The van der Waals surface area contributed by atoms with Gasteiger partial charge in [-0.05, 0) is 12.1 Å². The number of carbonyl (C=O) groups is 3. The zero-order valence-electron chi connectivity index (χ0n) is 11.4. The lowest BCUT2D eigenvalue weighted by Gasteiger charge is -2.15. The molecule has 6 nitrogen and oxygen atoms in total. The maximum absolute atomic E-state index is 12.5. The second-order valence-corrected chi connectivity index (χ2v) is 4.60. The second kappa shape index (κ2) is 7.28. The van der Waals surface area contributed by atoms with E-state index < -0.39 is 23.6 Å². The number of Topliss-reactive ketones (excluding diaryl/α,β-unsaturated/α-hetero) is 1. The number of carbonyl (C=O) groups excluding carboxylic acids is 3. The van der Waals surface area contributed by atoms with E-state index in [0.29, 0.717) is 0 Å². The number of ether oxygens (including phenoxy) is 3. The third kappa shape index (κ3) is 3.46. The Morgan fingerprint density at radius 2 is 1.43 bits per heavy atom. The fourth-order valence-electron chi connectivity index (χ4n) is 1.65. The van der Waals surface area contributed by atoms with Gasteiger partial charge >= 0.3 is 11.9 Å². The summed E-state index contributed by atoms with van der Waals surface area (Å²) in [6, 6.07) is 2.77. The molecule has 8 heteroatoms. The Kier molecular flexibility index (Phi) is 5.99. The van der Waals surface area contributed by atoms with Crippen LogP contribution in [-0.2, 0) is 19.1 Å². The monoisotopic (exact) mass is 334 g/mol. The summed E-state index contributed by atoms with van der Waals surface area (Å²) in [6.45, 7) is 0. The molecule has 0 saturated carbocycles. The minimum absolute atomic E-state index is 0.0148. The molecule has 0 aromatic heterocycles. The zero-order chi connectivity index (χ0) is 16.2. The lowest BCUT2D eigenvalue weighted by Crippen LogP contribution is -2.34. The van der Waals surface area contributed by atoms with Gasteiger partial charge in [0.25, 0.3) is 0 Å². The minimum Gasteiger partial charge on any atom is -0.494 e. The first-order valence-electron chi connectivity index (χ1n) is 5.60. The van der Waals surface area contributed by atoms with Gasteiger partial charge in [-0.3, -0.25) is 14.4 Å². The first kappa shape index (κ1) is 17.3. The number of esters is 2. The van der Waals surface area contributed by atoms with Crippen LogP contribution in [0.3, 0.4) is 0 Å². The van der Waals surface area contributed by atoms with Gasteiger partial charge in [-0.2, -0.15) is 0 Å². The molecule has 0 amide bonds. The van der Waals surface area contributed by atoms with Gasteiger partial charge in [-0.15, -0.1) is 0 Å². The Hall–Kier alpha value is -1.79. The van der Waals surface area contributed by atoms with Gasteiger partial charge < -0.3 is 14.2 Å². The Morgan fingerprint density at radius 1 is 0.952 bits per heavy atom. The van der Waals surface area contributed by atoms with Crippen LogP contribution < -0.4 is 4.74 Å². The van der Waals surface area contributed by atoms with E-state index >= 15 is 0 Å². The lowest BCUT2D eigenvalue weighted by atomic mass is 9.96. The molecule has 0 bridgehead atoms. The van der Waals surface area contributed by atoms with Crippen molar-refractivity contribution in [1.82, 2.24) is 0 Å². The molecule has 21 heavy (non-hydrogen) atoms. The molecule has 0 radical (unpaired) electrons. The summed E-state index contributed by atoms with van der Waals surface area (Å²) >= 11 is 11.9. The Bertz CT molecular complexity index is 568. The Morgan fingerprint density at radius 3 is 1.86 bits per heavy atom. The molecule has 0 unspecified atom stereocenters. The molecule has 0 fully saturated rings. The van der Waals surface area contributed by atoms with Crippen molar-refractivity contribution in [3.63, 3.8) is 0 Å². The summed E-state index contributed by atoms with van der Waals surface area (Å²) in [5, 5.41) is 0.0952. The summed E-state index contributed by atoms with van der Waals surface area (Å²) in [5.74, 6) is -4.88. The van der Waals surface area contributed by atoms with E-state index in [2.05, 4.69) is 9.47 Å². The first-order chi connectivity index (χ1) is 9.88. The third-order valence-corrected chi connectivity index (χ3v) is 3.26. The van der Waals surface area contributed by atoms with E-state index in [9.17, 15) is 14.4 Å². The number of rotatable bonds is 5. The highest BCUT2D eigenvalue weighted by atomic mass is 35.5. The molecule has 114 valence electrons. The smallest absolute Gasteiger partial charge is 0.328 e. The maximum Gasteiger partial charge on any atom is 0.328 e. The van der Waals surface area contributed by atoms with E-state index in [4.69, 9.17) is 27.9 Å². The molecule has 0 spiro atoms. The van der Waals surface area contributed by atoms with Gasteiger partial charge in [-0.1, -0.05) is 23.2 Å². The van der Waals surface area contributed by atoms with E-state index in [0.717, 1.165) is 14.2 Å². The normalized spacial score (nSPS) is 10.2. The number of ketones is 1. The number of methoxy groups -OCH3 is 3. The lowest BCUT2D eigenvalue weighted by molar-refractivity contribution is -0.155. The van der Waals surface area contributed by atoms with Gasteiger partial charge in [0, 0.05) is 0 Å². The molecular formula is C13H12Cl2O6. The number of hydrogen-bond donors (Lipinski definition) is 0. The van der Waals surface area contributed by atoms with Crippen LogP contribution in [0, 0.1) is 5.92 Å². The predicted octanol–water partition coefficient (Wildman–Crippen LogP) is 2.15. The highest BCUT2D eigenvalue weighted by Crippen LogP contribution is 2.35. The van der Waals surface area contributed by atoms with Crippen LogP contribution in [-0.4, -0.2) is 39.1 Å². The molecule has 0 aliphatic carbocycles. The molecule has 0 N–H and O–H groups in total. The Labute approximate surface area is 130 Å². The molecule has 1 rings (SSSR count). The zero-order valence-corrected chi connectivity index (χ0v) is 12.9. The molecule has 0 aliphatic rings. The van der Waals surface area contributed by atoms with Crippen molar-refractivity contribution in [2.45, 2.75) is 0 Å². The summed E-state index contributed by atoms with van der Waals surface area (Å²) < 4.78 is 13.9. The predicted molar refractivity (Wildman–Crippen MR) is 74.9 cm³/mol. The average molecular weight is 335 g/mol. The largest absolute Gasteiger partial charge is 0.494 e.